The van der Waals surface area contributed by atoms with Gasteiger partial charge in [0.2, 0.25) is 0 Å². The molecule has 6 heteroatoms. The molecule has 1 rings (SSSR count). The Balaban J connectivity index is 2.68. The third kappa shape index (κ3) is 3.53. The second-order valence-electron chi connectivity index (χ2n) is 2.65. The van der Waals surface area contributed by atoms with Crippen molar-refractivity contribution in [2.45, 2.75) is 13.1 Å². The quantitative estimate of drug-likeness (QED) is 0.770. The van der Waals surface area contributed by atoms with Crippen molar-refractivity contribution in [3.8, 4) is 5.75 Å². The molecule has 0 aliphatic carbocycles. The molecule has 0 aliphatic rings. The first-order valence-corrected chi connectivity index (χ1v) is 4.50. The molecule has 0 aliphatic heterocycles. The summed E-state index contributed by atoms with van der Waals surface area (Å²) in [6.45, 7) is 0.425. The molecule has 1 aromatic rings. The molecule has 0 unspecified atom stereocenters. The fourth-order valence-corrected chi connectivity index (χ4v) is 1.31. The van der Waals surface area contributed by atoms with Crippen molar-refractivity contribution in [3.05, 3.63) is 22.4 Å². The van der Waals surface area contributed by atoms with Crippen LogP contribution in [0.15, 0.2) is 16.7 Å². The van der Waals surface area contributed by atoms with Crippen LogP contribution in [0.2, 0.25) is 0 Å². The minimum Gasteiger partial charge on any atom is -0.481 e. The maximum absolute atomic E-state index is 11.8. The molecular formula is C8H7BrF3NO. The average Bonchev–Trinajstić information content (AvgIpc) is 2.00. The predicted octanol–water partition coefficient (Wildman–Crippen LogP) is 3.09. The van der Waals surface area contributed by atoms with E-state index in [-0.39, 0.29) is 10.4 Å². The summed E-state index contributed by atoms with van der Waals surface area (Å²) in [5.74, 6) is 0.0907. The minimum absolute atomic E-state index is 0.0907. The van der Waals surface area contributed by atoms with Crippen molar-refractivity contribution < 1.29 is 17.9 Å². The molecule has 2 nitrogen and oxygen atoms in total. The molecule has 1 aromatic heterocycles. The van der Waals surface area contributed by atoms with Gasteiger partial charge < -0.3 is 4.74 Å². The van der Waals surface area contributed by atoms with E-state index in [1.54, 1.807) is 13.0 Å². The van der Waals surface area contributed by atoms with Gasteiger partial charge in [-0.05, 0) is 35.0 Å². The van der Waals surface area contributed by atoms with Gasteiger partial charge in [-0.2, -0.15) is 13.2 Å². The second kappa shape index (κ2) is 4.16. The second-order valence-corrected chi connectivity index (χ2v) is 3.40. The van der Waals surface area contributed by atoms with Crippen molar-refractivity contribution in [1.29, 1.82) is 0 Å². The molecule has 0 spiro atoms. The van der Waals surface area contributed by atoms with Gasteiger partial charge in [0.1, 0.15) is 4.60 Å². The van der Waals surface area contributed by atoms with E-state index in [9.17, 15) is 13.2 Å². The molecule has 0 aromatic carbocycles. The van der Waals surface area contributed by atoms with Crippen LogP contribution in [0.3, 0.4) is 0 Å². The zero-order chi connectivity index (χ0) is 10.8. The Bertz CT molecular complexity index is 327. The number of hydrogen-bond acceptors (Lipinski definition) is 2. The predicted molar refractivity (Wildman–Crippen MR) is 48.2 cm³/mol. The molecule has 1 heterocycles. The summed E-state index contributed by atoms with van der Waals surface area (Å²) in [5.41, 5.74) is 0.705. The van der Waals surface area contributed by atoms with Crippen molar-refractivity contribution in [2.24, 2.45) is 0 Å². The van der Waals surface area contributed by atoms with E-state index in [2.05, 4.69) is 25.7 Å². The van der Waals surface area contributed by atoms with Crippen molar-refractivity contribution >= 4 is 15.9 Å². The molecule has 0 radical (unpaired) electrons. The standard InChI is InChI=1S/C8H7BrF3NO/c1-5-2-3-6(7(9)13-5)14-4-8(10,11)12/h2-3H,4H2,1H3. The van der Waals surface area contributed by atoms with Crippen LogP contribution in [0.5, 0.6) is 5.75 Å². The van der Waals surface area contributed by atoms with Crippen molar-refractivity contribution in [1.82, 2.24) is 4.98 Å². The van der Waals surface area contributed by atoms with Gasteiger partial charge in [0.25, 0.3) is 0 Å². The fourth-order valence-electron chi connectivity index (χ4n) is 0.779. The highest BCUT2D eigenvalue weighted by molar-refractivity contribution is 9.10. The smallest absolute Gasteiger partial charge is 0.422 e. The van der Waals surface area contributed by atoms with Crippen LogP contribution in [0.25, 0.3) is 0 Å². The van der Waals surface area contributed by atoms with E-state index >= 15 is 0 Å². The van der Waals surface area contributed by atoms with Gasteiger partial charge in [-0.3, -0.25) is 0 Å². The summed E-state index contributed by atoms with van der Waals surface area (Å²) in [7, 11) is 0. The summed E-state index contributed by atoms with van der Waals surface area (Å²) < 4.78 is 40.2. The number of ether oxygens (including phenoxy) is 1. The maximum Gasteiger partial charge on any atom is 0.422 e. The van der Waals surface area contributed by atoms with E-state index in [0.29, 0.717) is 5.69 Å². The van der Waals surface area contributed by atoms with Crippen LogP contribution in [0, 0.1) is 6.92 Å². The van der Waals surface area contributed by atoms with Crippen LogP contribution in [0.1, 0.15) is 5.69 Å². The third-order valence-corrected chi connectivity index (χ3v) is 1.91. The molecule has 0 atom stereocenters. The van der Waals surface area contributed by atoms with Gasteiger partial charge in [0, 0.05) is 5.69 Å². The number of alkyl halides is 3. The summed E-state index contributed by atoms with van der Waals surface area (Å²) in [5, 5.41) is 0. The SMILES string of the molecule is Cc1ccc(OCC(F)(F)F)c(Br)n1. The first-order valence-electron chi connectivity index (χ1n) is 3.71. The number of aromatic nitrogens is 1. The lowest BCUT2D eigenvalue weighted by atomic mass is 10.4. The van der Waals surface area contributed by atoms with Gasteiger partial charge >= 0.3 is 6.18 Å². The lowest BCUT2D eigenvalue weighted by Gasteiger charge is -2.09. The van der Waals surface area contributed by atoms with E-state index in [0.717, 1.165) is 0 Å². The first kappa shape index (κ1) is 11.3. The molecule has 14 heavy (non-hydrogen) atoms. The number of hydrogen-bond donors (Lipinski definition) is 0. The maximum atomic E-state index is 11.8. The lowest BCUT2D eigenvalue weighted by molar-refractivity contribution is -0.153. The van der Waals surface area contributed by atoms with E-state index in [1.165, 1.54) is 6.07 Å². The monoisotopic (exact) mass is 269 g/mol. The van der Waals surface area contributed by atoms with Gasteiger partial charge in [0.05, 0.1) is 0 Å². The molecule has 78 valence electrons. The Kier molecular flexibility index (Phi) is 3.36. The summed E-state index contributed by atoms with van der Waals surface area (Å²) in [6.07, 6.45) is -4.33. The van der Waals surface area contributed by atoms with Crippen molar-refractivity contribution in [3.63, 3.8) is 0 Å². The topological polar surface area (TPSA) is 22.1 Å². The summed E-state index contributed by atoms with van der Waals surface area (Å²) in [4.78, 5) is 3.90. The number of pyridine rings is 1. The Labute approximate surface area is 87.2 Å². The fraction of sp³-hybridized carbons (Fsp3) is 0.375. The van der Waals surface area contributed by atoms with Gasteiger partial charge in [-0.15, -0.1) is 0 Å². The zero-order valence-corrected chi connectivity index (χ0v) is 8.82. The van der Waals surface area contributed by atoms with E-state index in [4.69, 9.17) is 0 Å². The molecule has 0 N–H and O–H groups in total. The van der Waals surface area contributed by atoms with Crippen molar-refractivity contribution in [2.75, 3.05) is 6.61 Å². The number of nitrogens with zero attached hydrogens (tertiary/aromatic N) is 1. The van der Waals surface area contributed by atoms with Crippen LogP contribution >= 0.6 is 15.9 Å². The molecule has 0 saturated carbocycles. The zero-order valence-electron chi connectivity index (χ0n) is 7.23. The van der Waals surface area contributed by atoms with E-state index in [1.807, 2.05) is 0 Å². The van der Waals surface area contributed by atoms with Gasteiger partial charge in [0.15, 0.2) is 12.4 Å². The van der Waals surface area contributed by atoms with Crippen LogP contribution in [-0.4, -0.2) is 17.8 Å². The van der Waals surface area contributed by atoms with E-state index < -0.39 is 12.8 Å². The average molecular weight is 270 g/mol. The molecular weight excluding hydrogens is 263 g/mol. The highest BCUT2D eigenvalue weighted by atomic mass is 79.9. The lowest BCUT2D eigenvalue weighted by Crippen LogP contribution is -2.19. The van der Waals surface area contributed by atoms with Gasteiger partial charge in [-0.25, -0.2) is 4.98 Å². The van der Waals surface area contributed by atoms with Crippen LogP contribution < -0.4 is 4.74 Å². The minimum atomic E-state index is -4.33. The highest BCUT2D eigenvalue weighted by Crippen LogP contribution is 2.25. The Hall–Kier alpha value is -0.780. The normalized spacial score (nSPS) is 11.5. The molecule has 0 amide bonds. The van der Waals surface area contributed by atoms with Gasteiger partial charge in [-0.1, -0.05) is 0 Å². The number of rotatable bonds is 2. The summed E-state index contributed by atoms with van der Waals surface area (Å²) in [6, 6.07) is 3.02. The molecule has 0 fully saturated rings. The van der Waals surface area contributed by atoms with Crippen LogP contribution in [0.4, 0.5) is 13.2 Å². The largest absolute Gasteiger partial charge is 0.481 e. The first-order chi connectivity index (χ1) is 6.38. The number of halogens is 4. The molecule has 0 saturated heterocycles. The van der Waals surface area contributed by atoms with Crippen LogP contribution in [-0.2, 0) is 0 Å². The summed E-state index contributed by atoms with van der Waals surface area (Å²) >= 11 is 3.01. The Morgan fingerprint density at radius 1 is 1.43 bits per heavy atom. The highest BCUT2D eigenvalue weighted by Gasteiger charge is 2.28. The number of aryl methyl sites for hydroxylation is 1. The molecule has 0 bridgehead atoms. The third-order valence-electron chi connectivity index (χ3n) is 1.35. The Morgan fingerprint density at radius 2 is 2.07 bits per heavy atom. The Morgan fingerprint density at radius 3 is 2.57 bits per heavy atom.